The largest absolute Gasteiger partial charge is 0.379 e. The molecule has 22 heavy (non-hydrogen) atoms. The molecule has 1 heterocycles. The van der Waals surface area contributed by atoms with Gasteiger partial charge in [-0.1, -0.05) is 26.7 Å². The summed E-state index contributed by atoms with van der Waals surface area (Å²) in [5.41, 5.74) is 0.114. The van der Waals surface area contributed by atoms with Crippen LogP contribution in [0.1, 0.15) is 49.9 Å². The van der Waals surface area contributed by atoms with Crippen molar-refractivity contribution in [3.63, 3.8) is 0 Å². The monoisotopic (exact) mass is 307 g/mol. The van der Waals surface area contributed by atoms with Gasteiger partial charge in [0, 0.05) is 18.7 Å². The Labute approximate surface area is 132 Å². The number of ether oxygens (including phenoxy) is 1. The average Bonchev–Trinajstić information content (AvgIpc) is 2.57. The van der Waals surface area contributed by atoms with E-state index < -0.39 is 5.54 Å². The van der Waals surface area contributed by atoms with Gasteiger partial charge in [0.25, 0.3) is 0 Å². The first-order chi connectivity index (χ1) is 10.6. The standard InChI is InChI=1S/C18H26FNO2/c1-3-5-10-18(4-2,20-11-13-22-14-12-20)17(21)15-6-8-16(19)9-7-15/h6-9H,3-5,10-14H2,1-2H3. The summed E-state index contributed by atoms with van der Waals surface area (Å²) in [5, 5.41) is 0. The first-order valence-corrected chi connectivity index (χ1v) is 8.27. The minimum absolute atomic E-state index is 0.116. The summed E-state index contributed by atoms with van der Waals surface area (Å²) in [5.74, 6) is -0.191. The third kappa shape index (κ3) is 3.55. The molecule has 122 valence electrons. The van der Waals surface area contributed by atoms with Crippen LogP contribution in [0, 0.1) is 5.82 Å². The molecule has 0 saturated carbocycles. The molecular formula is C18H26FNO2. The maximum absolute atomic E-state index is 13.2. The number of halogens is 1. The minimum atomic E-state index is -0.488. The number of hydrogen-bond donors (Lipinski definition) is 0. The summed E-state index contributed by atoms with van der Waals surface area (Å²) in [4.78, 5) is 15.5. The van der Waals surface area contributed by atoms with Crippen LogP contribution in [-0.2, 0) is 4.74 Å². The van der Waals surface area contributed by atoms with Crippen LogP contribution in [0.5, 0.6) is 0 Å². The molecule has 1 unspecified atom stereocenters. The van der Waals surface area contributed by atoms with Gasteiger partial charge in [0.1, 0.15) is 5.82 Å². The maximum atomic E-state index is 13.2. The molecule has 2 rings (SSSR count). The molecule has 1 aromatic rings. The number of carbonyl (C=O) groups is 1. The zero-order valence-electron chi connectivity index (χ0n) is 13.6. The fourth-order valence-electron chi connectivity index (χ4n) is 3.31. The SMILES string of the molecule is CCCCC(CC)(C(=O)c1ccc(F)cc1)N1CCOCC1. The van der Waals surface area contributed by atoms with Gasteiger partial charge in [0.05, 0.1) is 18.8 Å². The first-order valence-electron chi connectivity index (χ1n) is 8.27. The predicted octanol–water partition coefficient (Wildman–Crippen LogP) is 3.68. The molecule has 0 bridgehead atoms. The van der Waals surface area contributed by atoms with Gasteiger partial charge in [-0.3, -0.25) is 9.69 Å². The summed E-state index contributed by atoms with van der Waals surface area (Å²) in [6.45, 7) is 7.12. The molecule has 1 aliphatic heterocycles. The Morgan fingerprint density at radius 1 is 1.23 bits per heavy atom. The fraction of sp³-hybridized carbons (Fsp3) is 0.611. The van der Waals surface area contributed by atoms with Crippen LogP contribution in [0.15, 0.2) is 24.3 Å². The van der Waals surface area contributed by atoms with Crippen LogP contribution >= 0.6 is 0 Å². The Hall–Kier alpha value is -1.26. The molecule has 3 nitrogen and oxygen atoms in total. The number of benzene rings is 1. The number of Topliss-reactive ketones (excluding diaryl/α,β-unsaturated/α-hetero) is 1. The Balaban J connectivity index is 2.32. The van der Waals surface area contributed by atoms with Gasteiger partial charge in [-0.05, 0) is 37.1 Å². The van der Waals surface area contributed by atoms with Gasteiger partial charge in [-0.25, -0.2) is 4.39 Å². The highest BCUT2D eigenvalue weighted by Gasteiger charge is 2.42. The molecule has 1 saturated heterocycles. The number of morpholine rings is 1. The highest BCUT2D eigenvalue weighted by molar-refractivity contribution is 6.03. The van der Waals surface area contributed by atoms with Gasteiger partial charge in [-0.15, -0.1) is 0 Å². The highest BCUT2D eigenvalue weighted by Crippen LogP contribution is 2.31. The third-order valence-electron chi connectivity index (χ3n) is 4.67. The number of nitrogens with zero attached hydrogens (tertiary/aromatic N) is 1. The lowest BCUT2D eigenvalue weighted by atomic mass is 9.80. The molecule has 0 spiro atoms. The van der Waals surface area contributed by atoms with Crippen molar-refractivity contribution in [3.8, 4) is 0 Å². The molecule has 1 aromatic carbocycles. The molecular weight excluding hydrogens is 281 g/mol. The van der Waals surface area contributed by atoms with Crippen molar-refractivity contribution >= 4 is 5.78 Å². The van der Waals surface area contributed by atoms with Crippen LogP contribution in [0.3, 0.4) is 0 Å². The van der Waals surface area contributed by atoms with Crippen molar-refractivity contribution in [2.75, 3.05) is 26.3 Å². The van der Waals surface area contributed by atoms with Crippen molar-refractivity contribution in [1.29, 1.82) is 0 Å². The lowest BCUT2D eigenvalue weighted by molar-refractivity contribution is -0.0195. The molecule has 1 aliphatic rings. The van der Waals surface area contributed by atoms with Crippen LogP contribution in [0.25, 0.3) is 0 Å². The summed E-state index contributed by atoms with van der Waals surface area (Å²) < 4.78 is 18.6. The second-order valence-electron chi connectivity index (χ2n) is 5.92. The van der Waals surface area contributed by atoms with E-state index in [1.54, 1.807) is 12.1 Å². The van der Waals surface area contributed by atoms with Crippen LogP contribution in [-0.4, -0.2) is 42.5 Å². The topological polar surface area (TPSA) is 29.5 Å². The van der Waals surface area contributed by atoms with Gasteiger partial charge >= 0.3 is 0 Å². The molecule has 0 radical (unpaired) electrons. The van der Waals surface area contributed by atoms with Crippen molar-refractivity contribution in [2.45, 2.75) is 45.1 Å². The van der Waals surface area contributed by atoms with Crippen LogP contribution < -0.4 is 0 Å². The van der Waals surface area contributed by atoms with Gasteiger partial charge in [0.2, 0.25) is 0 Å². The molecule has 0 amide bonds. The lowest BCUT2D eigenvalue weighted by Crippen LogP contribution is -2.58. The molecule has 4 heteroatoms. The molecule has 0 aromatic heterocycles. The van der Waals surface area contributed by atoms with Crippen molar-refractivity contribution in [1.82, 2.24) is 4.90 Å². The van der Waals surface area contributed by atoms with E-state index in [1.165, 1.54) is 12.1 Å². The van der Waals surface area contributed by atoms with Crippen LogP contribution in [0.4, 0.5) is 4.39 Å². The molecule has 1 fully saturated rings. The van der Waals surface area contributed by atoms with E-state index in [0.29, 0.717) is 18.8 Å². The first kappa shape index (κ1) is 17.1. The second kappa shape index (κ2) is 7.84. The number of ketones is 1. The quantitative estimate of drug-likeness (QED) is 0.720. The molecule has 1 atom stereocenters. The Kier molecular flexibility index (Phi) is 6.09. The number of hydrogen-bond acceptors (Lipinski definition) is 3. The normalized spacial score (nSPS) is 18.9. The van der Waals surface area contributed by atoms with Gasteiger partial charge < -0.3 is 4.74 Å². The third-order valence-corrected chi connectivity index (χ3v) is 4.67. The van der Waals surface area contributed by atoms with E-state index in [0.717, 1.165) is 38.8 Å². The lowest BCUT2D eigenvalue weighted by Gasteiger charge is -2.44. The molecule has 0 aliphatic carbocycles. The Morgan fingerprint density at radius 2 is 1.86 bits per heavy atom. The zero-order valence-corrected chi connectivity index (χ0v) is 13.6. The Morgan fingerprint density at radius 3 is 2.41 bits per heavy atom. The summed E-state index contributed by atoms with van der Waals surface area (Å²) in [6, 6.07) is 5.95. The maximum Gasteiger partial charge on any atom is 0.183 e. The van der Waals surface area contributed by atoms with Crippen LogP contribution in [0.2, 0.25) is 0 Å². The average molecular weight is 307 g/mol. The number of unbranched alkanes of at least 4 members (excludes halogenated alkanes) is 1. The number of carbonyl (C=O) groups excluding carboxylic acids is 1. The van der Waals surface area contributed by atoms with E-state index in [9.17, 15) is 9.18 Å². The van der Waals surface area contributed by atoms with E-state index >= 15 is 0 Å². The minimum Gasteiger partial charge on any atom is -0.379 e. The van der Waals surface area contributed by atoms with Gasteiger partial charge in [-0.2, -0.15) is 0 Å². The van der Waals surface area contributed by atoms with E-state index in [-0.39, 0.29) is 11.6 Å². The summed E-state index contributed by atoms with van der Waals surface area (Å²) in [7, 11) is 0. The van der Waals surface area contributed by atoms with Crippen molar-refractivity contribution in [3.05, 3.63) is 35.6 Å². The summed E-state index contributed by atoms with van der Waals surface area (Å²) in [6.07, 6.45) is 3.68. The van der Waals surface area contributed by atoms with E-state index in [2.05, 4.69) is 18.7 Å². The highest BCUT2D eigenvalue weighted by atomic mass is 19.1. The van der Waals surface area contributed by atoms with E-state index in [4.69, 9.17) is 4.74 Å². The molecule has 0 N–H and O–H groups in total. The van der Waals surface area contributed by atoms with Gasteiger partial charge in [0.15, 0.2) is 5.78 Å². The fourth-order valence-corrected chi connectivity index (χ4v) is 3.31. The Bertz CT molecular complexity index is 482. The zero-order chi connectivity index (χ0) is 16.0. The second-order valence-corrected chi connectivity index (χ2v) is 5.92. The van der Waals surface area contributed by atoms with Crippen molar-refractivity contribution < 1.29 is 13.9 Å². The van der Waals surface area contributed by atoms with E-state index in [1.807, 2.05) is 0 Å². The smallest absolute Gasteiger partial charge is 0.183 e. The van der Waals surface area contributed by atoms with Crippen molar-refractivity contribution in [2.24, 2.45) is 0 Å². The number of rotatable bonds is 7. The predicted molar refractivity (Wildman–Crippen MR) is 85.7 cm³/mol. The summed E-state index contributed by atoms with van der Waals surface area (Å²) >= 11 is 0.